The van der Waals surface area contributed by atoms with Crippen LogP contribution in [0, 0.1) is 6.92 Å². The molecule has 0 aliphatic carbocycles. The Kier molecular flexibility index (Phi) is 3.97. The molecule has 18 heavy (non-hydrogen) atoms. The lowest BCUT2D eigenvalue weighted by molar-refractivity contribution is 0.112. The molecule has 0 saturated carbocycles. The quantitative estimate of drug-likeness (QED) is 0.762. The molecular formula is C14H21N3O. The molecule has 1 fully saturated rings. The molecule has 1 unspecified atom stereocenters. The number of rotatable bonds is 3. The van der Waals surface area contributed by atoms with Gasteiger partial charge in [0.2, 0.25) is 0 Å². The summed E-state index contributed by atoms with van der Waals surface area (Å²) in [6.45, 7) is 4.09. The lowest BCUT2D eigenvalue weighted by Gasteiger charge is -2.37. The molecule has 4 heteroatoms. The first-order valence-electron chi connectivity index (χ1n) is 6.45. The van der Waals surface area contributed by atoms with E-state index in [0.29, 0.717) is 11.6 Å². The van der Waals surface area contributed by atoms with Crippen LogP contribution in [0.25, 0.3) is 0 Å². The number of pyridine rings is 1. The highest BCUT2D eigenvalue weighted by Gasteiger charge is 2.23. The Hall–Kier alpha value is -1.42. The maximum absolute atomic E-state index is 10.7. The first-order chi connectivity index (χ1) is 8.61. The summed E-state index contributed by atoms with van der Waals surface area (Å²) in [5.41, 5.74) is 1.73. The Bertz CT molecular complexity index is 431. The van der Waals surface area contributed by atoms with Crippen LogP contribution in [0.4, 0.5) is 5.82 Å². The standard InChI is InChI=1S/C14H21N3O/c1-11-7-12(10-18)8-15-14(11)17-6-4-5-13(9-17)16(2)3/h7-8,10,13H,4-6,9H2,1-3H3. The van der Waals surface area contributed by atoms with Crippen molar-refractivity contribution in [2.45, 2.75) is 25.8 Å². The lowest BCUT2D eigenvalue weighted by atomic mass is 10.0. The largest absolute Gasteiger partial charge is 0.355 e. The lowest BCUT2D eigenvalue weighted by Crippen LogP contribution is -2.45. The Morgan fingerprint density at radius 3 is 2.89 bits per heavy atom. The summed E-state index contributed by atoms with van der Waals surface area (Å²) >= 11 is 0. The molecule has 1 atom stereocenters. The van der Waals surface area contributed by atoms with E-state index >= 15 is 0 Å². The number of aromatic nitrogens is 1. The van der Waals surface area contributed by atoms with Gasteiger partial charge in [-0.15, -0.1) is 0 Å². The SMILES string of the molecule is Cc1cc(C=O)cnc1N1CCCC(N(C)C)C1. The fourth-order valence-electron chi connectivity index (χ4n) is 2.55. The third-order valence-corrected chi connectivity index (χ3v) is 3.63. The molecule has 0 amide bonds. The van der Waals surface area contributed by atoms with Gasteiger partial charge in [-0.2, -0.15) is 0 Å². The molecule has 2 rings (SSSR count). The fraction of sp³-hybridized carbons (Fsp3) is 0.571. The minimum atomic E-state index is 0.589. The number of aldehydes is 1. The second-order valence-corrected chi connectivity index (χ2v) is 5.23. The highest BCUT2D eigenvalue weighted by Crippen LogP contribution is 2.23. The number of piperidine rings is 1. The van der Waals surface area contributed by atoms with Gasteiger partial charge in [0.15, 0.2) is 6.29 Å². The van der Waals surface area contributed by atoms with E-state index in [1.807, 2.05) is 13.0 Å². The van der Waals surface area contributed by atoms with Crippen LogP contribution < -0.4 is 4.90 Å². The van der Waals surface area contributed by atoms with Crippen molar-refractivity contribution in [2.75, 3.05) is 32.1 Å². The Labute approximate surface area is 109 Å². The molecule has 0 spiro atoms. The summed E-state index contributed by atoms with van der Waals surface area (Å²) < 4.78 is 0. The van der Waals surface area contributed by atoms with Crippen LogP contribution in [0.2, 0.25) is 0 Å². The van der Waals surface area contributed by atoms with Crippen molar-refractivity contribution in [3.05, 3.63) is 23.4 Å². The van der Waals surface area contributed by atoms with Crippen LogP contribution in [0.15, 0.2) is 12.3 Å². The zero-order chi connectivity index (χ0) is 13.1. The Balaban J connectivity index is 2.18. The Morgan fingerprint density at radius 1 is 1.50 bits per heavy atom. The molecule has 1 aromatic heterocycles. The second kappa shape index (κ2) is 5.48. The molecule has 1 aliphatic heterocycles. The predicted molar refractivity (Wildman–Crippen MR) is 73.3 cm³/mol. The van der Waals surface area contributed by atoms with Gasteiger partial charge in [-0.25, -0.2) is 4.98 Å². The highest BCUT2D eigenvalue weighted by atomic mass is 16.1. The average Bonchev–Trinajstić information content (AvgIpc) is 2.38. The van der Waals surface area contributed by atoms with Gasteiger partial charge in [-0.1, -0.05) is 0 Å². The van der Waals surface area contributed by atoms with Gasteiger partial charge in [0.25, 0.3) is 0 Å². The number of carbonyl (C=O) groups excluding carboxylic acids is 1. The van der Waals surface area contributed by atoms with Crippen molar-refractivity contribution in [1.82, 2.24) is 9.88 Å². The maximum Gasteiger partial charge on any atom is 0.151 e. The number of hydrogen-bond acceptors (Lipinski definition) is 4. The Morgan fingerprint density at radius 2 is 2.28 bits per heavy atom. The molecule has 98 valence electrons. The first-order valence-corrected chi connectivity index (χ1v) is 6.45. The van der Waals surface area contributed by atoms with Crippen LogP contribution in [-0.2, 0) is 0 Å². The minimum Gasteiger partial charge on any atom is -0.355 e. The van der Waals surface area contributed by atoms with Gasteiger partial charge >= 0.3 is 0 Å². The number of aryl methyl sites for hydroxylation is 1. The second-order valence-electron chi connectivity index (χ2n) is 5.23. The van der Waals surface area contributed by atoms with Crippen molar-refractivity contribution >= 4 is 12.1 Å². The number of hydrogen-bond donors (Lipinski definition) is 0. The molecule has 0 bridgehead atoms. The smallest absolute Gasteiger partial charge is 0.151 e. The number of likely N-dealkylation sites (N-methyl/N-ethyl adjacent to an activating group) is 1. The molecule has 1 saturated heterocycles. The number of carbonyl (C=O) groups is 1. The highest BCUT2D eigenvalue weighted by molar-refractivity contribution is 5.75. The van der Waals surface area contributed by atoms with Crippen LogP contribution in [0.5, 0.6) is 0 Å². The first kappa shape index (κ1) is 13.0. The molecule has 0 aromatic carbocycles. The molecule has 1 aliphatic rings. The normalized spacial score (nSPS) is 20.2. The van der Waals surface area contributed by atoms with Gasteiger partial charge in [0.05, 0.1) is 0 Å². The summed E-state index contributed by atoms with van der Waals surface area (Å²) in [6, 6.07) is 2.50. The van der Waals surface area contributed by atoms with E-state index in [-0.39, 0.29) is 0 Å². The van der Waals surface area contributed by atoms with Crippen molar-refractivity contribution < 1.29 is 4.79 Å². The predicted octanol–water partition coefficient (Wildman–Crippen LogP) is 1.73. The van der Waals surface area contributed by atoms with Crippen molar-refractivity contribution in [2.24, 2.45) is 0 Å². The van der Waals surface area contributed by atoms with Crippen molar-refractivity contribution in [3.63, 3.8) is 0 Å². The van der Waals surface area contributed by atoms with Crippen LogP contribution in [0.1, 0.15) is 28.8 Å². The summed E-state index contributed by atoms with van der Waals surface area (Å²) in [5.74, 6) is 1.02. The maximum atomic E-state index is 10.7. The van der Waals surface area contributed by atoms with Crippen molar-refractivity contribution in [1.29, 1.82) is 0 Å². The zero-order valence-corrected chi connectivity index (χ0v) is 11.4. The van der Waals surface area contributed by atoms with Gasteiger partial charge < -0.3 is 9.80 Å². The average molecular weight is 247 g/mol. The van der Waals surface area contributed by atoms with E-state index in [4.69, 9.17) is 0 Å². The summed E-state index contributed by atoms with van der Waals surface area (Å²) in [6.07, 6.45) is 4.95. The zero-order valence-electron chi connectivity index (χ0n) is 11.4. The third kappa shape index (κ3) is 2.70. The van der Waals surface area contributed by atoms with Crippen molar-refractivity contribution in [3.8, 4) is 0 Å². The van der Waals surface area contributed by atoms with Crippen LogP contribution in [0.3, 0.4) is 0 Å². The molecule has 0 radical (unpaired) electrons. The van der Waals surface area contributed by atoms with E-state index in [1.165, 1.54) is 12.8 Å². The molecular weight excluding hydrogens is 226 g/mol. The van der Waals surface area contributed by atoms with E-state index in [0.717, 1.165) is 30.8 Å². The van der Waals surface area contributed by atoms with E-state index in [1.54, 1.807) is 6.20 Å². The van der Waals surface area contributed by atoms with E-state index < -0.39 is 0 Å². The molecule has 0 N–H and O–H groups in total. The van der Waals surface area contributed by atoms with Crippen LogP contribution >= 0.6 is 0 Å². The molecule has 1 aromatic rings. The van der Waals surface area contributed by atoms with Gasteiger partial charge in [0, 0.05) is 30.9 Å². The number of anilines is 1. The monoisotopic (exact) mass is 247 g/mol. The van der Waals surface area contributed by atoms with Gasteiger partial charge in [-0.3, -0.25) is 4.79 Å². The summed E-state index contributed by atoms with van der Waals surface area (Å²) in [4.78, 5) is 19.8. The third-order valence-electron chi connectivity index (χ3n) is 3.63. The molecule has 4 nitrogen and oxygen atoms in total. The van der Waals surface area contributed by atoms with E-state index in [9.17, 15) is 4.79 Å². The summed E-state index contributed by atoms with van der Waals surface area (Å²) in [5, 5.41) is 0. The number of nitrogens with zero attached hydrogens (tertiary/aromatic N) is 3. The van der Waals surface area contributed by atoms with Crippen LogP contribution in [-0.4, -0.2) is 49.4 Å². The fourth-order valence-corrected chi connectivity index (χ4v) is 2.55. The molecule has 2 heterocycles. The minimum absolute atomic E-state index is 0.589. The van der Waals surface area contributed by atoms with Gasteiger partial charge in [-0.05, 0) is 45.5 Å². The van der Waals surface area contributed by atoms with Gasteiger partial charge in [0.1, 0.15) is 5.82 Å². The summed E-state index contributed by atoms with van der Waals surface area (Å²) in [7, 11) is 4.26. The van der Waals surface area contributed by atoms with E-state index in [2.05, 4.69) is 28.9 Å². The topological polar surface area (TPSA) is 36.4 Å².